The summed E-state index contributed by atoms with van der Waals surface area (Å²) in [6.07, 6.45) is 9.10. The first-order valence-electron chi connectivity index (χ1n) is 11.6. The minimum atomic E-state index is -0.859. The van der Waals surface area contributed by atoms with Crippen molar-refractivity contribution in [2.45, 2.75) is 83.0 Å². The number of hydrogen-bond donors (Lipinski definition) is 1. The number of aliphatic imine (C=N–C) groups is 1. The number of rotatable bonds is 5. The quantitative estimate of drug-likeness (QED) is 0.774. The molecule has 2 fully saturated rings. The van der Waals surface area contributed by atoms with Crippen LogP contribution < -0.4 is 0 Å². The summed E-state index contributed by atoms with van der Waals surface area (Å²) < 4.78 is 5.87. The van der Waals surface area contributed by atoms with Gasteiger partial charge >= 0.3 is 0 Å². The largest absolute Gasteiger partial charge is 0.475 e. The van der Waals surface area contributed by atoms with Crippen molar-refractivity contribution in [2.75, 3.05) is 6.54 Å². The molecule has 30 heavy (non-hydrogen) atoms. The van der Waals surface area contributed by atoms with E-state index >= 15 is 0 Å². The smallest absolute Gasteiger partial charge is 0.268 e. The highest BCUT2D eigenvalue weighted by atomic mass is 16.5. The third-order valence-corrected chi connectivity index (χ3v) is 7.10. The molecule has 1 saturated carbocycles. The van der Waals surface area contributed by atoms with E-state index in [1.54, 1.807) is 0 Å². The molecule has 1 amide bonds. The van der Waals surface area contributed by atoms with E-state index in [-0.39, 0.29) is 24.0 Å². The molecule has 1 N–H and O–H groups in total. The van der Waals surface area contributed by atoms with E-state index in [0.717, 1.165) is 44.1 Å². The Morgan fingerprint density at radius 1 is 1.30 bits per heavy atom. The summed E-state index contributed by atoms with van der Waals surface area (Å²) in [7, 11) is 0. The van der Waals surface area contributed by atoms with Gasteiger partial charge in [-0.15, -0.1) is 0 Å². The van der Waals surface area contributed by atoms with Gasteiger partial charge in [-0.3, -0.25) is 4.79 Å². The first-order chi connectivity index (χ1) is 14.5. The average molecular weight is 411 g/mol. The van der Waals surface area contributed by atoms with Gasteiger partial charge in [0.1, 0.15) is 5.71 Å². The third-order valence-electron chi connectivity index (χ3n) is 7.10. The van der Waals surface area contributed by atoms with Crippen LogP contribution >= 0.6 is 0 Å². The first kappa shape index (κ1) is 21.1. The second-order valence-electron chi connectivity index (χ2n) is 8.97. The molecule has 0 radical (unpaired) electrons. The zero-order chi connectivity index (χ0) is 21.1. The van der Waals surface area contributed by atoms with Crippen LogP contribution in [0.5, 0.6) is 0 Å². The van der Waals surface area contributed by atoms with Gasteiger partial charge in [-0.25, -0.2) is 4.99 Å². The second kappa shape index (κ2) is 8.93. The van der Waals surface area contributed by atoms with Crippen LogP contribution in [0, 0.1) is 5.92 Å². The molecule has 162 valence electrons. The predicted molar refractivity (Wildman–Crippen MR) is 118 cm³/mol. The van der Waals surface area contributed by atoms with Crippen molar-refractivity contribution in [1.82, 2.24) is 4.90 Å². The molecule has 1 saturated heterocycles. The van der Waals surface area contributed by atoms with Gasteiger partial charge in [0.15, 0.2) is 0 Å². The van der Waals surface area contributed by atoms with E-state index in [4.69, 9.17) is 4.74 Å². The Kier molecular flexibility index (Phi) is 6.28. The number of likely N-dealkylation sites (tertiary alicyclic amines) is 1. The maximum Gasteiger partial charge on any atom is 0.268 e. The van der Waals surface area contributed by atoms with Crippen LogP contribution in [0.25, 0.3) is 0 Å². The summed E-state index contributed by atoms with van der Waals surface area (Å²) in [6.45, 7) is 4.67. The fraction of sp³-hybridized carbons (Fsp3) is 0.600. The molecular formula is C25H34N2O3. The lowest BCUT2D eigenvalue weighted by Crippen LogP contribution is -2.60. The Bertz CT molecular complexity index is 819. The number of carbonyl (C=O) groups excluding carboxylic acids is 1. The van der Waals surface area contributed by atoms with Crippen LogP contribution in [-0.4, -0.2) is 40.3 Å². The van der Waals surface area contributed by atoms with E-state index in [9.17, 15) is 9.90 Å². The highest BCUT2D eigenvalue weighted by Crippen LogP contribution is 2.47. The van der Waals surface area contributed by atoms with Gasteiger partial charge in [-0.1, -0.05) is 50.1 Å². The zero-order valence-electron chi connectivity index (χ0n) is 18.2. The van der Waals surface area contributed by atoms with Crippen LogP contribution in [-0.2, 0) is 15.1 Å². The molecule has 2 aliphatic heterocycles. The lowest BCUT2D eigenvalue weighted by molar-refractivity contribution is -0.148. The van der Waals surface area contributed by atoms with Gasteiger partial charge in [-0.05, 0) is 57.1 Å². The van der Waals surface area contributed by atoms with Crippen molar-refractivity contribution in [1.29, 1.82) is 0 Å². The number of allylic oxidation sites excluding steroid dienone is 1. The Morgan fingerprint density at radius 2 is 2.07 bits per heavy atom. The molecule has 5 heteroatoms. The van der Waals surface area contributed by atoms with Gasteiger partial charge in [-0.2, -0.15) is 0 Å². The Balaban J connectivity index is 1.56. The maximum absolute atomic E-state index is 13.5. The van der Waals surface area contributed by atoms with Crippen molar-refractivity contribution in [2.24, 2.45) is 10.9 Å². The average Bonchev–Trinajstić information content (AvgIpc) is 2.80. The topological polar surface area (TPSA) is 62.1 Å². The van der Waals surface area contributed by atoms with Gasteiger partial charge in [0.05, 0.1) is 11.7 Å². The molecule has 3 aliphatic rings. The highest BCUT2D eigenvalue weighted by Gasteiger charge is 2.50. The second-order valence-corrected chi connectivity index (χ2v) is 8.97. The minimum Gasteiger partial charge on any atom is -0.475 e. The SMILES string of the molecule is CCC(C)OC1=CCCC(C(=O)N2CCC(O)(c3ccccc3)[C@H]3CCCC[C@@H]32)=N1. The summed E-state index contributed by atoms with van der Waals surface area (Å²) in [6, 6.07) is 10.1. The zero-order valence-corrected chi connectivity index (χ0v) is 18.2. The number of piperidine rings is 1. The number of benzene rings is 1. The molecule has 4 rings (SSSR count). The van der Waals surface area contributed by atoms with Crippen LogP contribution in [0.2, 0.25) is 0 Å². The fourth-order valence-corrected chi connectivity index (χ4v) is 5.27. The lowest BCUT2D eigenvalue weighted by atomic mass is 9.66. The monoisotopic (exact) mass is 410 g/mol. The molecule has 4 atom stereocenters. The first-order valence-corrected chi connectivity index (χ1v) is 11.6. The van der Waals surface area contributed by atoms with Gasteiger partial charge in [0.2, 0.25) is 5.88 Å². The number of aliphatic hydroxyl groups is 1. The minimum absolute atomic E-state index is 0.0281. The summed E-state index contributed by atoms with van der Waals surface area (Å²) in [4.78, 5) is 20.1. The third kappa shape index (κ3) is 4.04. The summed E-state index contributed by atoms with van der Waals surface area (Å²) >= 11 is 0. The van der Waals surface area contributed by atoms with Crippen molar-refractivity contribution < 1.29 is 14.6 Å². The Morgan fingerprint density at radius 3 is 2.83 bits per heavy atom. The fourth-order valence-electron chi connectivity index (χ4n) is 5.27. The summed E-state index contributed by atoms with van der Waals surface area (Å²) in [5.74, 6) is 0.680. The summed E-state index contributed by atoms with van der Waals surface area (Å²) in [5, 5.41) is 11.7. The highest BCUT2D eigenvalue weighted by molar-refractivity contribution is 6.39. The number of nitrogens with zero attached hydrogens (tertiary/aromatic N) is 2. The molecule has 1 aromatic rings. The van der Waals surface area contributed by atoms with Crippen LogP contribution in [0.3, 0.4) is 0 Å². The van der Waals surface area contributed by atoms with Gasteiger partial charge < -0.3 is 14.7 Å². The number of amides is 1. The van der Waals surface area contributed by atoms with Crippen molar-refractivity contribution >= 4 is 11.6 Å². The van der Waals surface area contributed by atoms with Gasteiger partial charge in [0, 0.05) is 18.5 Å². The molecule has 0 aromatic heterocycles. The van der Waals surface area contributed by atoms with E-state index in [1.165, 1.54) is 0 Å². The van der Waals surface area contributed by atoms with Gasteiger partial charge in [0.25, 0.3) is 5.91 Å². The van der Waals surface area contributed by atoms with Crippen LogP contribution in [0.15, 0.2) is 47.3 Å². The maximum atomic E-state index is 13.5. The molecule has 0 spiro atoms. The van der Waals surface area contributed by atoms with Crippen LogP contribution in [0.1, 0.15) is 70.8 Å². The molecule has 2 heterocycles. The Hall–Kier alpha value is -2.14. The number of fused-ring (bicyclic) bond motifs is 1. The Labute approximate surface area is 179 Å². The standard InChI is InChI=1S/C25H34N2O3/c1-3-18(2)30-23-15-9-13-21(26-23)24(28)27-17-16-25(29,19-10-5-4-6-11-19)20-12-7-8-14-22(20)27/h4-6,10-11,15,18,20,22,29H,3,7-9,12-14,16-17H2,1-2H3/t18?,20-,22-,25?/m0/s1. The predicted octanol–water partition coefficient (Wildman–Crippen LogP) is 4.56. The van der Waals surface area contributed by atoms with Crippen molar-refractivity contribution in [3.05, 3.63) is 47.9 Å². The number of hydrogen-bond acceptors (Lipinski definition) is 4. The van der Waals surface area contributed by atoms with E-state index < -0.39 is 5.60 Å². The molecule has 1 aromatic carbocycles. The lowest BCUT2D eigenvalue weighted by Gasteiger charge is -2.52. The number of carbonyl (C=O) groups is 1. The molecule has 1 aliphatic carbocycles. The normalized spacial score (nSPS) is 30.0. The van der Waals surface area contributed by atoms with E-state index in [2.05, 4.69) is 11.9 Å². The van der Waals surface area contributed by atoms with E-state index in [1.807, 2.05) is 48.2 Å². The molecule has 2 unspecified atom stereocenters. The van der Waals surface area contributed by atoms with Crippen molar-refractivity contribution in [3.63, 3.8) is 0 Å². The summed E-state index contributed by atoms with van der Waals surface area (Å²) in [5.41, 5.74) is 0.726. The van der Waals surface area contributed by atoms with Crippen molar-refractivity contribution in [3.8, 4) is 0 Å². The van der Waals surface area contributed by atoms with E-state index in [0.29, 0.717) is 31.0 Å². The molecule has 0 bridgehead atoms. The van der Waals surface area contributed by atoms with Crippen LogP contribution in [0.4, 0.5) is 0 Å². The molecule has 5 nitrogen and oxygen atoms in total. The molecular weight excluding hydrogens is 376 g/mol. The number of ether oxygens (including phenoxy) is 1.